The third kappa shape index (κ3) is 3.22. The van der Waals surface area contributed by atoms with Crippen molar-refractivity contribution in [2.45, 2.75) is 0 Å². The molecule has 0 atom stereocenters. The first-order valence-corrected chi connectivity index (χ1v) is 6.26. The van der Waals surface area contributed by atoms with E-state index in [1.807, 2.05) is 7.05 Å². The van der Waals surface area contributed by atoms with E-state index in [0.29, 0.717) is 18.8 Å². The molecule has 0 bridgehead atoms. The number of piperazine rings is 1. The van der Waals surface area contributed by atoms with Crippen LogP contribution in [0, 0.1) is 10.1 Å². The first kappa shape index (κ1) is 14.2. The molecule has 2 rings (SSSR count). The summed E-state index contributed by atoms with van der Waals surface area (Å²) in [5.74, 6) is -0.506. The summed E-state index contributed by atoms with van der Waals surface area (Å²) >= 11 is 0. The molecule has 1 amide bonds. The van der Waals surface area contributed by atoms with E-state index in [9.17, 15) is 14.9 Å². The van der Waals surface area contributed by atoms with Gasteiger partial charge in [0.05, 0.1) is 4.92 Å². The number of nitro groups is 1. The fourth-order valence-corrected chi connectivity index (χ4v) is 2.02. The molecule has 108 valence electrons. The summed E-state index contributed by atoms with van der Waals surface area (Å²) in [5, 5.41) is 12.7. The number of hydrogen-bond donors (Lipinski definition) is 2. The third-order valence-corrected chi connectivity index (χ3v) is 3.22. The van der Waals surface area contributed by atoms with E-state index in [-0.39, 0.29) is 11.3 Å². The average Bonchev–Trinajstić information content (AvgIpc) is 2.41. The number of carbonyl (C=O) groups excluding carboxylic acids is 1. The van der Waals surface area contributed by atoms with Gasteiger partial charge >= 0.3 is 0 Å². The summed E-state index contributed by atoms with van der Waals surface area (Å²) in [6, 6.07) is 3.97. The van der Waals surface area contributed by atoms with Gasteiger partial charge < -0.3 is 10.6 Å². The number of benzene rings is 1. The Labute approximate surface area is 116 Å². The maximum Gasteiger partial charge on any atom is 0.282 e. The molecule has 1 aliphatic rings. The highest BCUT2D eigenvalue weighted by molar-refractivity contribution is 5.98. The molecule has 0 spiro atoms. The number of hydrazine groups is 1. The fraction of sp³-hybridized carbons (Fsp3) is 0.417. The van der Waals surface area contributed by atoms with Gasteiger partial charge in [0, 0.05) is 37.9 Å². The Hall–Kier alpha value is -2.19. The van der Waals surface area contributed by atoms with Crippen LogP contribution in [0.3, 0.4) is 0 Å². The van der Waals surface area contributed by atoms with Crippen LogP contribution in [0.1, 0.15) is 10.4 Å². The first-order chi connectivity index (χ1) is 9.47. The van der Waals surface area contributed by atoms with Crippen LogP contribution >= 0.6 is 0 Å². The molecule has 1 saturated heterocycles. The molecule has 8 nitrogen and oxygen atoms in total. The van der Waals surface area contributed by atoms with Gasteiger partial charge in [-0.1, -0.05) is 0 Å². The van der Waals surface area contributed by atoms with Gasteiger partial charge in [0.1, 0.15) is 5.56 Å². The average molecular weight is 279 g/mol. The molecule has 3 N–H and O–H groups in total. The van der Waals surface area contributed by atoms with E-state index in [1.165, 1.54) is 18.2 Å². The zero-order valence-electron chi connectivity index (χ0n) is 11.2. The number of nitrogens with one attached hydrogen (secondary N) is 1. The quantitative estimate of drug-likeness (QED) is 0.461. The van der Waals surface area contributed by atoms with E-state index >= 15 is 0 Å². The lowest BCUT2D eigenvalue weighted by Gasteiger charge is -2.32. The number of nitro benzene ring substituents is 1. The molecule has 0 unspecified atom stereocenters. The Balaban J connectivity index is 2.12. The Morgan fingerprint density at radius 3 is 2.60 bits per heavy atom. The number of amides is 1. The monoisotopic (exact) mass is 279 g/mol. The number of nitrogen functional groups attached to an aromatic ring is 1. The normalized spacial score (nSPS) is 16.9. The lowest BCUT2D eigenvalue weighted by Crippen LogP contribution is -2.52. The van der Waals surface area contributed by atoms with Gasteiger partial charge in [-0.05, 0) is 19.2 Å². The predicted octanol–water partition coefficient (Wildman–Crippen LogP) is 0.0692. The van der Waals surface area contributed by atoms with Crippen LogP contribution in [-0.4, -0.2) is 54.0 Å². The molecule has 0 aliphatic carbocycles. The van der Waals surface area contributed by atoms with E-state index in [1.54, 1.807) is 5.01 Å². The summed E-state index contributed by atoms with van der Waals surface area (Å²) in [7, 11) is 2.00. The van der Waals surface area contributed by atoms with Crippen molar-refractivity contribution in [2.24, 2.45) is 0 Å². The zero-order chi connectivity index (χ0) is 14.7. The van der Waals surface area contributed by atoms with Gasteiger partial charge in [-0.15, -0.1) is 0 Å². The standard InChI is InChI=1S/C12H17N5O3/c1-15-4-6-16(7-5-15)14-12(18)10-8-9(13)2-3-11(10)17(19)20/h2-3,8H,4-7,13H2,1H3,(H,14,18). The highest BCUT2D eigenvalue weighted by atomic mass is 16.6. The van der Waals surface area contributed by atoms with E-state index in [0.717, 1.165) is 13.1 Å². The molecule has 0 aromatic heterocycles. The predicted molar refractivity (Wildman–Crippen MR) is 74.0 cm³/mol. The minimum absolute atomic E-state index is 0.0195. The summed E-state index contributed by atoms with van der Waals surface area (Å²) in [6.45, 7) is 3.02. The molecule has 1 heterocycles. The largest absolute Gasteiger partial charge is 0.399 e. The molecular formula is C12H17N5O3. The van der Waals surface area contributed by atoms with Crippen LogP contribution in [0.15, 0.2) is 18.2 Å². The SMILES string of the molecule is CN1CCN(NC(=O)c2cc(N)ccc2[N+](=O)[O-])CC1. The number of nitrogens with two attached hydrogens (primary N) is 1. The maximum atomic E-state index is 12.1. The Morgan fingerprint density at radius 1 is 1.35 bits per heavy atom. The number of carbonyl (C=O) groups is 1. The Kier molecular flexibility index (Phi) is 4.16. The van der Waals surface area contributed by atoms with Gasteiger partial charge in [-0.3, -0.25) is 20.3 Å². The topological polar surface area (TPSA) is 105 Å². The van der Waals surface area contributed by atoms with Crippen molar-refractivity contribution in [2.75, 3.05) is 39.0 Å². The van der Waals surface area contributed by atoms with Crippen molar-refractivity contribution in [1.82, 2.24) is 15.3 Å². The summed E-state index contributed by atoms with van der Waals surface area (Å²) in [4.78, 5) is 24.6. The lowest BCUT2D eigenvalue weighted by molar-refractivity contribution is -0.385. The van der Waals surface area contributed by atoms with Gasteiger partial charge in [0.25, 0.3) is 11.6 Å². The minimum Gasteiger partial charge on any atom is -0.399 e. The summed E-state index contributed by atoms with van der Waals surface area (Å²) in [5.41, 5.74) is 8.33. The molecule has 1 aromatic carbocycles. The Bertz CT molecular complexity index is 526. The van der Waals surface area contributed by atoms with Crippen molar-refractivity contribution in [3.63, 3.8) is 0 Å². The molecule has 1 aromatic rings. The smallest absolute Gasteiger partial charge is 0.282 e. The van der Waals surface area contributed by atoms with Crippen LogP contribution < -0.4 is 11.2 Å². The molecule has 8 heteroatoms. The van der Waals surface area contributed by atoms with Gasteiger partial charge in [-0.2, -0.15) is 0 Å². The summed E-state index contributed by atoms with van der Waals surface area (Å²) < 4.78 is 0. The Morgan fingerprint density at radius 2 is 2.00 bits per heavy atom. The highest BCUT2D eigenvalue weighted by Crippen LogP contribution is 2.21. The third-order valence-electron chi connectivity index (χ3n) is 3.22. The second-order valence-electron chi connectivity index (χ2n) is 4.76. The zero-order valence-corrected chi connectivity index (χ0v) is 11.2. The van der Waals surface area contributed by atoms with Crippen molar-refractivity contribution in [3.05, 3.63) is 33.9 Å². The van der Waals surface area contributed by atoms with Crippen LogP contribution in [0.2, 0.25) is 0 Å². The van der Waals surface area contributed by atoms with Crippen LogP contribution in [-0.2, 0) is 0 Å². The molecule has 0 radical (unpaired) electrons. The molecule has 0 saturated carbocycles. The number of likely N-dealkylation sites (N-methyl/N-ethyl adjacent to an activating group) is 1. The lowest BCUT2D eigenvalue weighted by atomic mass is 10.1. The number of rotatable bonds is 3. The number of anilines is 1. The van der Waals surface area contributed by atoms with E-state index in [2.05, 4.69) is 10.3 Å². The van der Waals surface area contributed by atoms with Crippen molar-refractivity contribution >= 4 is 17.3 Å². The number of hydrogen-bond acceptors (Lipinski definition) is 6. The molecule has 1 aliphatic heterocycles. The van der Waals surface area contributed by atoms with Gasteiger partial charge in [-0.25, -0.2) is 5.01 Å². The van der Waals surface area contributed by atoms with Gasteiger partial charge in [0.15, 0.2) is 0 Å². The number of nitrogens with zero attached hydrogens (tertiary/aromatic N) is 3. The molecular weight excluding hydrogens is 262 g/mol. The van der Waals surface area contributed by atoms with Crippen molar-refractivity contribution in [1.29, 1.82) is 0 Å². The van der Waals surface area contributed by atoms with Crippen molar-refractivity contribution < 1.29 is 9.72 Å². The fourth-order valence-electron chi connectivity index (χ4n) is 2.02. The van der Waals surface area contributed by atoms with Crippen molar-refractivity contribution in [3.8, 4) is 0 Å². The minimum atomic E-state index is -0.585. The van der Waals surface area contributed by atoms with Crippen LogP contribution in [0.5, 0.6) is 0 Å². The first-order valence-electron chi connectivity index (χ1n) is 6.26. The summed E-state index contributed by atoms with van der Waals surface area (Å²) in [6.07, 6.45) is 0. The van der Waals surface area contributed by atoms with Gasteiger partial charge in [0.2, 0.25) is 0 Å². The van der Waals surface area contributed by atoms with Crippen LogP contribution in [0.4, 0.5) is 11.4 Å². The highest BCUT2D eigenvalue weighted by Gasteiger charge is 2.23. The molecule has 1 fully saturated rings. The van der Waals surface area contributed by atoms with E-state index < -0.39 is 10.8 Å². The second kappa shape index (κ2) is 5.85. The van der Waals surface area contributed by atoms with E-state index in [4.69, 9.17) is 5.73 Å². The molecule has 20 heavy (non-hydrogen) atoms. The van der Waals surface area contributed by atoms with Crippen LogP contribution in [0.25, 0.3) is 0 Å². The second-order valence-corrected chi connectivity index (χ2v) is 4.76. The maximum absolute atomic E-state index is 12.1.